The Morgan fingerprint density at radius 2 is 1.74 bits per heavy atom. The summed E-state index contributed by atoms with van der Waals surface area (Å²) in [6.45, 7) is 4.97. The first kappa shape index (κ1) is 25.2. The van der Waals surface area contributed by atoms with E-state index in [2.05, 4.69) is 42.8 Å². The van der Waals surface area contributed by atoms with E-state index in [9.17, 15) is 4.39 Å². The van der Waals surface area contributed by atoms with Crippen molar-refractivity contribution < 1.29 is 9.13 Å². The molecule has 0 saturated carbocycles. The Morgan fingerprint density at radius 1 is 0.971 bits per heavy atom. The second-order valence-corrected chi connectivity index (χ2v) is 9.38. The van der Waals surface area contributed by atoms with Gasteiger partial charge in [-0.1, -0.05) is 36.4 Å². The second kappa shape index (κ2) is 11.7. The molecule has 1 aliphatic heterocycles. The quantitative estimate of drug-likeness (QED) is 0.350. The van der Waals surface area contributed by atoms with E-state index in [1.807, 2.05) is 41.1 Å². The van der Waals surface area contributed by atoms with E-state index in [-0.39, 0.29) is 24.3 Å². The highest BCUT2D eigenvalue weighted by atomic mass is 35.5. The normalized spacial score (nSPS) is 15.5. The zero-order chi connectivity index (χ0) is 23.3. The molecule has 0 N–H and O–H groups in total. The number of aromatic nitrogens is 4. The fourth-order valence-corrected chi connectivity index (χ4v) is 5.18. The molecule has 1 unspecified atom stereocenters. The summed E-state index contributed by atoms with van der Waals surface area (Å²) in [5.74, 6) is 1.45. The molecule has 1 atom stereocenters. The van der Waals surface area contributed by atoms with Gasteiger partial charge >= 0.3 is 0 Å². The number of ether oxygens (including phenoxy) is 1. The van der Waals surface area contributed by atoms with Gasteiger partial charge in [-0.3, -0.25) is 9.80 Å². The lowest BCUT2D eigenvalue weighted by molar-refractivity contribution is 0.0997. The molecule has 184 valence electrons. The SMILES string of the molecule is COc1ccccc1CN1CCN(C(c2ccc(F)cc2)c2nnnn2Cc2cccs2)CC1.Cl. The average molecular weight is 515 g/mol. The standard InChI is InChI=1S/C25H27FN6OS.ClH/c1-33-23-7-3-2-5-20(23)17-30-12-14-31(15-13-30)24(19-8-10-21(26)11-9-19)25-27-28-29-32(25)18-22-6-4-16-34-22;/h2-11,16,24H,12-15,17-18H2,1H3;1H. The summed E-state index contributed by atoms with van der Waals surface area (Å²) in [5, 5.41) is 14.7. The van der Waals surface area contributed by atoms with Crippen LogP contribution in [0.3, 0.4) is 0 Å². The van der Waals surface area contributed by atoms with Crippen molar-refractivity contribution >= 4 is 23.7 Å². The minimum absolute atomic E-state index is 0. The molecule has 35 heavy (non-hydrogen) atoms. The van der Waals surface area contributed by atoms with Crippen LogP contribution >= 0.6 is 23.7 Å². The van der Waals surface area contributed by atoms with Gasteiger partial charge in [-0.05, 0) is 45.6 Å². The molecule has 0 aliphatic carbocycles. The zero-order valence-corrected chi connectivity index (χ0v) is 21.1. The molecule has 3 heterocycles. The van der Waals surface area contributed by atoms with Gasteiger partial charge < -0.3 is 4.74 Å². The van der Waals surface area contributed by atoms with Crippen LogP contribution in [0.15, 0.2) is 66.0 Å². The highest BCUT2D eigenvalue weighted by Gasteiger charge is 2.31. The number of tetrazole rings is 1. The molecule has 2 aromatic carbocycles. The lowest BCUT2D eigenvalue weighted by Gasteiger charge is -2.39. The van der Waals surface area contributed by atoms with Gasteiger partial charge in [0.05, 0.1) is 19.7 Å². The average Bonchev–Trinajstić information content (AvgIpc) is 3.55. The molecule has 1 aliphatic rings. The van der Waals surface area contributed by atoms with Crippen LogP contribution in [0.2, 0.25) is 0 Å². The maximum atomic E-state index is 13.7. The lowest BCUT2D eigenvalue weighted by Crippen LogP contribution is -2.48. The summed E-state index contributed by atoms with van der Waals surface area (Å²) in [6, 6.07) is 18.8. The summed E-state index contributed by atoms with van der Waals surface area (Å²) in [7, 11) is 1.71. The van der Waals surface area contributed by atoms with Gasteiger partial charge in [-0.2, -0.15) is 0 Å². The van der Waals surface area contributed by atoms with Gasteiger partial charge in [0.2, 0.25) is 0 Å². The Kier molecular flexibility index (Phi) is 8.46. The van der Waals surface area contributed by atoms with E-state index in [4.69, 9.17) is 4.74 Å². The molecule has 0 radical (unpaired) electrons. The van der Waals surface area contributed by atoms with Crippen molar-refractivity contribution in [3.8, 4) is 5.75 Å². The van der Waals surface area contributed by atoms with Crippen molar-refractivity contribution in [3.63, 3.8) is 0 Å². The Bertz CT molecular complexity index is 1190. The number of hydrogen-bond acceptors (Lipinski definition) is 7. The number of rotatable bonds is 8. The predicted molar refractivity (Wildman–Crippen MR) is 137 cm³/mol. The van der Waals surface area contributed by atoms with Crippen LogP contribution in [0.4, 0.5) is 4.39 Å². The number of halogens is 2. The van der Waals surface area contributed by atoms with E-state index >= 15 is 0 Å². The Hall–Kier alpha value is -2.85. The fourth-order valence-electron chi connectivity index (χ4n) is 4.49. The van der Waals surface area contributed by atoms with Gasteiger partial charge in [-0.25, -0.2) is 9.07 Å². The smallest absolute Gasteiger partial charge is 0.173 e. The third kappa shape index (κ3) is 5.87. The molecule has 0 amide bonds. The minimum atomic E-state index is -0.248. The van der Waals surface area contributed by atoms with Gasteiger partial charge in [0.1, 0.15) is 11.6 Å². The minimum Gasteiger partial charge on any atom is -0.496 e. The highest BCUT2D eigenvalue weighted by molar-refractivity contribution is 7.09. The van der Waals surface area contributed by atoms with E-state index in [1.54, 1.807) is 18.4 Å². The topological polar surface area (TPSA) is 59.3 Å². The van der Waals surface area contributed by atoms with E-state index in [1.165, 1.54) is 22.6 Å². The van der Waals surface area contributed by atoms with E-state index in [0.717, 1.165) is 49.9 Å². The molecule has 1 fully saturated rings. The van der Waals surface area contributed by atoms with Crippen LogP contribution in [0.1, 0.15) is 27.9 Å². The molecule has 4 aromatic rings. The number of benzene rings is 2. The number of thiophene rings is 1. The molecular weight excluding hydrogens is 487 g/mol. The van der Waals surface area contributed by atoms with E-state index < -0.39 is 0 Å². The maximum Gasteiger partial charge on any atom is 0.173 e. The number of methoxy groups -OCH3 is 1. The molecule has 1 saturated heterocycles. The number of para-hydroxylation sites is 1. The summed E-state index contributed by atoms with van der Waals surface area (Å²) in [5.41, 5.74) is 2.18. The first-order valence-corrected chi connectivity index (χ1v) is 12.2. The largest absolute Gasteiger partial charge is 0.496 e. The van der Waals surface area contributed by atoms with E-state index in [0.29, 0.717) is 6.54 Å². The summed E-state index contributed by atoms with van der Waals surface area (Å²) >= 11 is 1.68. The van der Waals surface area contributed by atoms with Gasteiger partial charge in [0.15, 0.2) is 5.82 Å². The van der Waals surface area contributed by atoms with Crippen LogP contribution < -0.4 is 4.74 Å². The van der Waals surface area contributed by atoms with Crippen molar-refractivity contribution in [2.75, 3.05) is 33.3 Å². The van der Waals surface area contributed by atoms with Crippen molar-refractivity contribution in [2.45, 2.75) is 19.1 Å². The lowest BCUT2D eigenvalue weighted by atomic mass is 10.0. The van der Waals surface area contributed by atoms with Gasteiger partial charge in [0.25, 0.3) is 0 Å². The second-order valence-electron chi connectivity index (χ2n) is 8.35. The number of hydrogen-bond donors (Lipinski definition) is 0. The van der Waals surface area contributed by atoms with Gasteiger partial charge in [0, 0.05) is 43.2 Å². The van der Waals surface area contributed by atoms with Crippen LogP contribution in [-0.4, -0.2) is 63.3 Å². The molecule has 7 nitrogen and oxygen atoms in total. The van der Waals surface area contributed by atoms with Crippen LogP contribution in [0, 0.1) is 5.82 Å². The molecule has 0 spiro atoms. The summed E-state index contributed by atoms with van der Waals surface area (Å²) in [4.78, 5) is 6.01. The van der Waals surface area contributed by atoms with Crippen molar-refractivity contribution in [1.29, 1.82) is 0 Å². The van der Waals surface area contributed by atoms with Crippen LogP contribution in [0.25, 0.3) is 0 Å². The van der Waals surface area contributed by atoms with Crippen molar-refractivity contribution in [3.05, 3.63) is 93.7 Å². The maximum absolute atomic E-state index is 13.7. The Balaban J connectivity index is 0.00000289. The first-order valence-electron chi connectivity index (χ1n) is 11.3. The number of nitrogens with zero attached hydrogens (tertiary/aromatic N) is 6. The Morgan fingerprint density at radius 3 is 2.46 bits per heavy atom. The van der Waals surface area contributed by atoms with Crippen LogP contribution in [-0.2, 0) is 13.1 Å². The predicted octanol–water partition coefficient (Wildman–Crippen LogP) is 4.26. The van der Waals surface area contributed by atoms with Gasteiger partial charge in [-0.15, -0.1) is 28.8 Å². The third-order valence-electron chi connectivity index (χ3n) is 6.23. The third-order valence-corrected chi connectivity index (χ3v) is 7.10. The van der Waals surface area contributed by atoms with Crippen LogP contribution in [0.5, 0.6) is 5.75 Å². The summed E-state index contributed by atoms with van der Waals surface area (Å²) in [6.07, 6.45) is 0. The van der Waals surface area contributed by atoms with Crippen molar-refractivity contribution in [1.82, 2.24) is 30.0 Å². The zero-order valence-electron chi connectivity index (χ0n) is 19.5. The Labute approximate surface area is 214 Å². The highest BCUT2D eigenvalue weighted by Crippen LogP contribution is 2.29. The summed E-state index contributed by atoms with van der Waals surface area (Å²) < 4.78 is 21.1. The number of piperazine rings is 1. The molecule has 5 rings (SSSR count). The molecule has 10 heteroatoms. The monoisotopic (exact) mass is 514 g/mol. The van der Waals surface area contributed by atoms with Crippen molar-refractivity contribution in [2.24, 2.45) is 0 Å². The molecule has 2 aromatic heterocycles. The molecular formula is C25H28ClFN6OS. The molecule has 0 bridgehead atoms. The fraction of sp³-hybridized carbons (Fsp3) is 0.320. The first-order chi connectivity index (χ1) is 16.7.